The highest BCUT2D eigenvalue weighted by Crippen LogP contribution is 2.30. The van der Waals surface area contributed by atoms with Crippen LogP contribution in [0.25, 0.3) is 22.0 Å². The number of aromatic nitrogens is 5. The Balaban J connectivity index is 1.48. The summed E-state index contributed by atoms with van der Waals surface area (Å²) >= 11 is 3.30. The number of thiazole rings is 1. The van der Waals surface area contributed by atoms with Crippen LogP contribution in [0.1, 0.15) is 12.6 Å². The third kappa shape index (κ3) is 3.93. The van der Waals surface area contributed by atoms with Gasteiger partial charge in [-0.05, 0) is 43.3 Å². The van der Waals surface area contributed by atoms with Crippen molar-refractivity contribution in [3.05, 3.63) is 59.9 Å². The Morgan fingerprint density at radius 1 is 1.04 bits per heavy atom. The molecule has 0 aliphatic heterocycles. The molecule has 0 saturated heterocycles. The molecule has 8 heteroatoms. The predicted molar refractivity (Wildman–Crippen MR) is 113 cm³/mol. The minimum atomic E-state index is 0.751. The van der Waals surface area contributed by atoms with Gasteiger partial charge in [0.25, 0.3) is 0 Å². The van der Waals surface area contributed by atoms with Gasteiger partial charge in [0.05, 0.1) is 12.8 Å². The molecule has 28 heavy (non-hydrogen) atoms. The van der Waals surface area contributed by atoms with Gasteiger partial charge >= 0.3 is 0 Å². The number of nitrogens with zero attached hydrogens (tertiary/aromatic N) is 5. The van der Waals surface area contributed by atoms with E-state index in [0.29, 0.717) is 0 Å². The molecular formula is C20H19N5OS2. The third-order valence-corrected chi connectivity index (χ3v) is 6.15. The van der Waals surface area contributed by atoms with Crippen molar-refractivity contribution in [1.82, 2.24) is 24.7 Å². The fraction of sp³-hybridized carbons (Fsp3) is 0.200. The summed E-state index contributed by atoms with van der Waals surface area (Å²) in [4.78, 5) is 8.83. The van der Waals surface area contributed by atoms with Crippen molar-refractivity contribution in [2.24, 2.45) is 0 Å². The average molecular weight is 410 g/mol. The van der Waals surface area contributed by atoms with E-state index in [4.69, 9.17) is 9.72 Å². The van der Waals surface area contributed by atoms with Crippen LogP contribution < -0.4 is 4.74 Å². The van der Waals surface area contributed by atoms with Crippen LogP contribution in [-0.2, 0) is 12.3 Å². The first-order valence-corrected chi connectivity index (χ1v) is 10.7. The van der Waals surface area contributed by atoms with E-state index in [0.717, 1.165) is 50.9 Å². The molecule has 0 spiro atoms. The van der Waals surface area contributed by atoms with Crippen LogP contribution >= 0.6 is 23.1 Å². The molecule has 0 aliphatic rings. The fourth-order valence-corrected chi connectivity index (χ4v) is 4.60. The minimum absolute atomic E-state index is 0.751. The van der Waals surface area contributed by atoms with E-state index in [2.05, 4.69) is 32.1 Å². The number of ether oxygens (including phenoxy) is 1. The van der Waals surface area contributed by atoms with Gasteiger partial charge in [0.15, 0.2) is 11.0 Å². The van der Waals surface area contributed by atoms with Crippen LogP contribution in [-0.4, -0.2) is 31.8 Å². The molecule has 0 radical (unpaired) electrons. The first-order valence-electron chi connectivity index (χ1n) is 8.83. The Morgan fingerprint density at radius 2 is 1.82 bits per heavy atom. The molecule has 1 aromatic carbocycles. The van der Waals surface area contributed by atoms with Gasteiger partial charge in [0.2, 0.25) is 0 Å². The van der Waals surface area contributed by atoms with Gasteiger partial charge in [-0.25, -0.2) is 4.98 Å². The van der Waals surface area contributed by atoms with E-state index in [1.807, 2.05) is 36.4 Å². The van der Waals surface area contributed by atoms with Gasteiger partial charge in [-0.2, -0.15) is 0 Å². The topological polar surface area (TPSA) is 65.7 Å². The standard InChI is InChI=1S/C20H19N5OS2/c1-3-25-18(14-8-10-21-11-9-14)23-24-20(25)28-13-16-12-27-19(22-16)15-4-6-17(26-2)7-5-15/h4-12H,3,13H2,1-2H3. The zero-order valence-electron chi connectivity index (χ0n) is 15.6. The van der Waals surface area contributed by atoms with Crippen LogP contribution in [0.15, 0.2) is 59.3 Å². The number of hydrogen-bond acceptors (Lipinski definition) is 7. The molecule has 0 fully saturated rings. The summed E-state index contributed by atoms with van der Waals surface area (Å²) in [7, 11) is 1.67. The van der Waals surface area contributed by atoms with Gasteiger partial charge < -0.3 is 9.30 Å². The van der Waals surface area contributed by atoms with Crippen LogP contribution in [0.2, 0.25) is 0 Å². The molecule has 3 aromatic heterocycles. The summed E-state index contributed by atoms with van der Waals surface area (Å²) in [5, 5.41) is 12.8. The number of pyridine rings is 1. The van der Waals surface area contributed by atoms with E-state index in [-0.39, 0.29) is 0 Å². The second kappa shape index (κ2) is 8.53. The highest BCUT2D eigenvalue weighted by molar-refractivity contribution is 7.98. The van der Waals surface area contributed by atoms with E-state index in [1.165, 1.54) is 0 Å². The number of benzene rings is 1. The molecule has 6 nitrogen and oxygen atoms in total. The van der Waals surface area contributed by atoms with Crippen LogP contribution in [0.5, 0.6) is 5.75 Å². The maximum atomic E-state index is 5.21. The highest BCUT2D eigenvalue weighted by atomic mass is 32.2. The second-order valence-electron chi connectivity index (χ2n) is 5.95. The first kappa shape index (κ1) is 18.6. The molecule has 4 rings (SSSR count). The SMILES string of the molecule is CCn1c(SCc2csc(-c3ccc(OC)cc3)n2)nnc1-c1ccncc1. The normalized spacial score (nSPS) is 10.9. The van der Waals surface area contributed by atoms with Gasteiger partial charge in [-0.3, -0.25) is 4.98 Å². The van der Waals surface area contributed by atoms with Crippen LogP contribution in [0, 0.1) is 0 Å². The predicted octanol–water partition coefficient (Wildman–Crippen LogP) is 4.78. The summed E-state index contributed by atoms with van der Waals surface area (Å²) < 4.78 is 7.34. The molecule has 0 unspecified atom stereocenters. The average Bonchev–Trinajstić information content (AvgIpc) is 3.39. The maximum Gasteiger partial charge on any atom is 0.191 e. The Hall–Kier alpha value is -2.71. The van der Waals surface area contributed by atoms with Crippen molar-refractivity contribution < 1.29 is 4.74 Å². The third-order valence-electron chi connectivity index (χ3n) is 4.21. The van der Waals surface area contributed by atoms with Crippen molar-refractivity contribution in [2.75, 3.05) is 7.11 Å². The Labute approximate surface area is 171 Å². The molecule has 0 N–H and O–H groups in total. The summed E-state index contributed by atoms with van der Waals surface area (Å²) in [6.07, 6.45) is 3.54. The smallest absolute Gasteiger partial charge is 0.191 e. The lowest BCUT2D eigenvalue weighted by molar-refractivity contribution is 0.415. The largest absolute Gasteiger partial charge is 0.497 e. The zero-order valence-corrected chi connectivity index (χ0v) is 17.2. The monoisotopic (exact) mass is 409 g/mol. The van der Waals surface area contributed by atoms with Gasteiger partial charge in [-0.1, -0.05) is 11.8 Å². The van der Waals surface area contributed by atoms with Crippen molar-refractivity contribution >= 4 is 23.1 Å². The lowest BCUT2D eigenvalue weighted by Gasteiger charge is -2.06. The summed E-state index contributed by atoms with van der Waals surface area (Å²) in [6, 6.07) is 11.9. The molecule has 0 amide bonds. The Morgan fingerprint density at radius 3 is 2.54 bits per heavy atom. The highest BCUT2D eigenvalue weighted by Gasteiger charge is 2.14. The summed E-state index contributed by atoms with van der Waals surface area (Å²) in [6.45, 7) is 2.91. The quantitative estimate of drug-likeness (QED) is 0.409. The number of thioether (sulfide) groups is 1. The molecule has 0 aliphatic carbocycles. The van der Waals surface area contributed by atoms with Crippen LogP contribution in [0.3, 0.4) is 0 Å². The van der Waals surface area contributed by atoms with Gasteiger partial charge in [-0.15, -0.1) is 21.5 Å². The summed E-state index contributed by atoms with van der Waals surface area (Å²) in [5.74, 6) is 2.46. The van der Waals surface area contributed by atoms with Crippen LogP contribution in [0.4, 0.5) is 0 Å². The number of rotatable bonds is 7. The molecule has 4 aromatic rings. The fourth-order valence-electron chi connectivity index (χ4n) is 2.77. The minimum Gasteiger partial charge on any atom is -0.497 e. The van der Waals surface area contributed by atoms with Crippen molar-refractivity contribution in [3.8, 4) is 27.7 Å². The molecule has 0 atom stereocenters. The van der Waals surface area contributed by atoms with E-state index < -0.39 is 0 Å². The van der Waals surface area contributed by atoms with E-state index >= 15 is 0 Å². The lowest BCUT2D eigenvalue weighted by Crippen LogP contribution is -2.00. The van der Waals surface area contributed by atoms with Crippen molar-refractivity contribution in [2.45, 2.75) is 24.4 Å². The molecule has 0 saturated carbocycles. The lowest BCUT2D eigenvalue weighted by atomic mass is 10.2. The van der Waals surface area contributed by atoms with Gasteiger partial charge in [0.1, 0.15) is 10.8 Å². The van der Waals surface area contributed by atoms with Crippen molar-refractivity contribution in [3.63, 3.8) is 0 Å². The Kier molecular flexibility index (Phi) is 5.68. The molecular weight excluding hydrogens is 390 g/mol. The number of methoxy groups -OCH3 is 1. The van der Waals surface area contributed by atoms with Crippen molar-refractivity contribution in [1.29, 1.82) is 0 Å². The maximum absolute atomic E-state index is 5.21. The van der Waals surface area contributed by atoms with E-state index in [1.54, 1.807) is 42.6 Å². The van der Waals surface area contributed by atoms with Gasteiger partial charge in [0, 0.05) is 41.2 Å². The first-order chi connectivity index (χ1) is 13.8. The molecule has 3 heterocycles. The molecule has 142 valence electrons. The Bertz CT molecular complexity index is 1040. The number of hydrogen-bond donors (Lipinski definition) is 0. The summed E-state index contributed by atoms with van der Waals surface area (Å²) in [5.41, 5.74) is 3.15. The second-order valence-corrected chi connectivity index (χ2v) is 7.75. The zero-order chi connectivity index (χ0) is 19.3. The molecule has 0 bridgehead atoms. The van der Waals surface area contributed by atoms with E-state index in [9.17, 15) is 0 Å².